The number of para-hydroxylation sites is 1. The molecular weight excluding hydrogens is 366 g/mol. The van der Waals surface area contributed by atoms with Gasteiger partial charge in [0.1, 0.15) is 11.6 Å². The van der Waals surface area contributed by atoms with E-state index in [0.717, 1.165) is 11.3 Å². The van der Waals surface area contributed by atoms with Crippen LogP contribution in [0, 0.1) is 0 Å². The van der Waals surface area contributed by atoms with E-state index in [-0.39, 0.29) is 24.1 Å². The number of fused-ring (bicyclic) bond motifs is 1. The van der Waals surface area contributed by atoms with Gasteiger partial charge in [-0.15, -0.1) is 0 Å². The maximum Gasteiger partial charge on any atom is 0.258 e. The maximum absolute atomic E-state index is 12.8. The Morgan fingerprint density at radius 2 is 1.90 bits per heavy atom. The second kappa shape index (κ2) is 9.19. The molecule has 0 saturated heterocycles. The second-order valence-electron chi connectivity index (χ2n) is 6.93. The van der Waals surface area contributed by atoms with Gasteiger partial charge in [0.2, 0.25) is 5.91 Å². The number of carbonyl (C=O) groups is 1. The maximum atomic E-state index is 12.8. The quantitative estimate of drug-likeness (QED) is 0.622. The molecule has 1 amide bonds. The first kappa shape index (κ1) is 20.3. The van der Waals surface area contributed by atoms with E-state index in [1.807, 2.05) is 51.1 Å². The first-order chi connectivity index (χ1) is 14.0. The van der Waals surface area contributed by atoms with Gasteiger partial charge in [0.25, 0.3) is 5.56 Å². The summed E-state index contributed by atoms with van der Waals surface area (Å²) in [4.78, 5) is 34.0. The smallest absolute Gasteiger partial charge is 0.258 e. The van der Waals surface area contributed by atoms with Crippen LogP contribution in [0.25, 0.3) is 17.0 Å². The van der Waals surface area contributed by atoms with Gasteiger partial charge in [-0.3, -0.25) is 9.59 Å². The molecule has 1 heterocycles. The molecule has 0 radical (unpaired) electrons. The highest BCUT2D eigenvalue weighted by Gasteiger charge is 2.17. The largest absolute Gasteiger partial charge is 0.494 e. The van der Waals surface area contributed by atoms with Crippen LogP contribution in [0.2, 0.25) is 0 Å². The van der Waals surface area contributed by atoms with Crippen LogP contribution < -0.4 is 10.3 Å². The average Bonchev–Trinajstić information content (AvgIpc) is 2.71. The van der Waals surface area contributed by atoms with Gasteiger partial charge in [0.05, 0.1) is 24.1 Å². The molecule has 0 atom stereocenters. The van der Waals surface area contributed by atoms with Gasteiger partial charge >= 0.3 is 0 Å². The first-order valence-corrected chi connectivity index (χ1v) is 9.67. The Balaban J connectivity index is 1.77. The molecule has 0 aliphatic rings. The van der Waals surface area contributed by atoms with Crippen molar-refractivity contribution >= 4 is 22.9 Å². The zero-order valence-corrected chi connectivity index (χ0v) is 16.9. The van der Waals surface area contributed by atoms with Crippen LogP contribution in [0.4, 0.5) is 0 Å². The fraction of sp³-hybridized carbons (Fsp3) is 0.261. The van der Waals surface area contributed by atoms with Crippen molar-refractivity contribution in [1.29, 1.82) is 0 Å². The Morgan fingerprint density at radius 1 is 1.17 bits per heavy atom. The van der Waals surface area contributed by atoms with Crippen LogP contribution in [-0.2, 0) is 11.3 Å². The lowest BCUT2D eigenvalue weighted by Crippen LogP contribution is -2.36. The van der Waals surface area contributed by atoms with Gasteiger partial charge in [-0.25, -0.2) is 4.98 Å². The topological polar surface area (TPSA) is 75.3 Å². The molecular formula is C23H25N3O3. The summed E-state index contributed by atoms with van der Waals surface area (Å²) in [6.45, 7) is 6.64. The van der Waals surface area contributed by atoms with Crippen LogP contribution in [0.5, 0.6) is 5.75 Å². The van der Waals surface area contributed by atoms with Gasteiger partial charge in [-0.2, -0.15) is 0 Å². The summed E-state index contributed by atoms with van der Waals surface area (Å²) >= 11 is 0. The Morgan fingerprint density at radius 3 is 2.59 bits per heavy atom. The van der Waals surface area contributed by atoms with E-state index in [1.165, 1.54) is 6.08 Å². The van der Waals surface area contributed by atoms with Crippen molar-refractivity contribution in [3.05, 3.63) is 76.3 Å². The van der Waals surface area contributed by atoms with Crippen LogP contribution in [-0.4, -0.2) is 33.4 Å². The number of hydrogen-bond donors (Lipinski definition) is 1. The molecule has 1 N–H and O–H groups in total. The number of ether oxygens (including phenoxy) is 1. The fourth-order valence-electron chi connectivity index (χ4n) is 2.99. The lowest BCUT2D eigenvalue weighted by Gasteiger charge is -2.25. The van der Waals surface area contributed by atoms with Crippen molar-refractivity contribution in [3.8, 4) is 5.75 Å². The van der Waals surface area contributed by atoms with Gasteiger partial charge in [0, 0.05) is 12.1 Å². The highest BCUT2D eigenvalue weighted by atomic mass is 16.5. The second-order valence-corrected chi connectivity index (χ2v) is 6.93. The number of H-pyrrole nitrogens is 1. The predicted octanol–water partition coefficient (Wildman–Crippen LogP) is 3.77. The summed E-state index contributed by atoms with van der Waals surface area (Å²) in [7, 11) is 0. The Bertz CT molecular complexity index is 1070. The van der Waals surface area contributed by atoms with Crippen LogP contribution >= 0.6 is 0 Å². The van der Waals surface area contributed by atoms with E-state index in [2.05, 4.69) is 9.97 Å². The molecule has 150 valence electrons. The Labute approximate surface area is 169 Å². The summed E-state index contributed by atoms with van der Waals surface area (Å²) in [6.07, 6.45) is 3.30. The normalized spacial score (nSPS) is 11.3. The van der Waals surface area contributed by atoms with Gasteiger partial charge in [-0.1, -0.05) is 24.3 Å². The highest BCUT2D eigenvalue weighted by Crippen LogP contribution is 2.14. The van der Waals surface area contributed by atoms with Gasteiger partial charge < -0.3 is 14.6 Å². The van der Waals surface area contributed by atoms with Gasteiger partial charge in [0.15, 0.2) is 0 Å². The molecule has 1 aromatic heterocycles. The van der Waals surface area contributed by atoms with E-state index in [4.69, 9.17) is 4.74 Å². The van der Waals surface area contributed by atoms with Crippen molar-refractivity contribution in [2.75, 3.05) is 6.61 Å². The number of nitrogens with zero attached hydrogens (tertiary/aromatic N) is 2. The zero-order chi connectivity index (χ0) is 20.8. The van der Waals surface area contributed by atoms with Gasteiger partial charge in [-0.05, 0) is 56.7 Å². The first-order valence-electron chi connectivity index (χ1n) is 9.67. The van der Waals surface area contributed by atoms with Crippen LogP contribution in [0.15, 0.2) is 59.4 Å². The number of rotatable bonds is 7. The lowest BCUT2D eigenvalue weighted by atomic mass is 10.2. The predicted molar refractivity (Wildman–Crippen MR) is 115 cm³/mol. The molecule has 29 heavy (non-hydrogen) atoms. The number of carbonyl (C=O) groups excluding carboxylic acids is 1. The molecule has 0 spiro atoms. The van der Waals surface area contributed by atoms with Crippen molar-refractivity contribution in [2.45, 2.75) is 33.4 Å². The average molecular weight is 391 g/mol. The molecule has 0 saturated carbocycles. The monoisotopic (exact) mass is 391 g/mol. The summed E-state index contributed by atoms with van der Waals surface area (Å²) in [5, 5.41) is 0.536. The van der Waals surface area contributed by atoms with Crippen molar-refractivity contribution in [3.63, 3.8) is 0 Å². The summed E-state index contributed by atoms with van der Waals surface area (Å²) < 4.78 is 5.43. The van der Waals surface area contributed by atoms with Crippen LogP contribution in [0.3, 0.4) is 0 Å². The third-order valence-corrected chi connectivity index (χ3v) is 4.50. The zero-order valence-electron chi connectivity index (χ0n) is 16.9. The summed E-state index contributed by atoms with van der Waals surface area (Å²) in [5.74, 6) is 1.11. The SMILES string of the molecule is CCOc1ccc(C=CC(=O)N(Cc2nc3ccccc3c(=O)[nH]2)C(C)C)cc1. The minimum absolute atomic E-state index is 0.0516. The molecule has 0 fully saturated rings. The molecule has 3 aromatic rings. The van der Waals surface area contributed by atoms with E-state index in [1.54, 1.807) is 29.2 Å². The minimum Gasteiger partial charge on any atom is -0.494 e. The molecule has 0 aliphatic carbocycles. The Hall–Kier alpha value is -3.41. The van der Waals surface area contributed by atoms with Crippen LogP contribution in [0.1, 0.15) is 32.2 Å². The molecule has 6 nitrogen and oxygen atoms in total. The molecule has 0 bridgehead atoms. The van der Waals surface area contributed by atoms with Crippen molar-refractivity contribution < 1.29 is 9.53 Å². The van der Waals surface area contributed by atoms with E-state index in [9.17, 15) is 9.59 Å². The lowest BCUT2D eigenvalue weighted by molar-refractivity contribution is -0.128. The number of nitrogens with one attached hydrogen (secondary N) is 1. The molecule has 0 unspecified atom stereocenters. The molecule has 6 heteroatoms. The molecule has 0 aliphatic heterocycles. The fourth-order valence-corrected chi connectivity index (χ4v) is 2.99. The third kappa shape index (κ3) is 5.10. The number of amides is 1. The number of aromatic nitrogens is 2. The number of benzene rings is 2. The molecule has 3 rings (SSSR count). The summed E-state index contributed by atoms with van der Waals surface area (Å²) in [6, 6.07) is 14.7. The van der Waals surface area contributed by atoms with Crippen molar-refractivity contribution in [1.82, 2.24) is 14.9 Å². The third-order valence-electron chi connectivity index (χ3n) is 4.50. The summed E-state index contributed by atoms with van der Waals surface area (Å²) in [5.41, 5.74) is 1.32. The number of hydrogen-bond acceptors (Lipinski definition) is 4. The minimum atomic E-state index is -0.202. The Kier molecular flexibility index (Phi) is 6.44. The number of aromatic amines is 1. The van der Waals surface area contributed by atoms with E-state index in [0.29, 0.717) is 23.3 Å². The standard InChI is InChI=1S/C23H25N3O3/c1-4-29-18-12-9-17(10-13-18)11-14-22(27)26(16(2)3)15-21-24-20-8-6-5-7-19(20)23(28)25-21/h5-14,16H,4,15H2,1-3H3,(H,24,25,28). The van der Waals surface area contributed by atoms with Crippen molar-refractivity contribution in [2.24, 2.45) is 0 Å². The molecule has 2 aromatic carbocycles. The van der Waals surface area contributed by atoms with E-state index >= 15 is 0 Å². The van der Waals surface area contributed by atoms with E-state index < -0.39 is 0 Å². The highest BCUT2D eigenvalue weighted by molar-refractivity contribution is 5.92.